The highest BCUT2D eigenvalue weighted by Gasteiger charge is 2.34. The van der Waals surface area contributed by atoms with Gasteiger partial charge in [0.15, 0.2) is 0 Å². The normalized spacial score (nSPS) is 16.0. The van der Waals surface area contributed by atoms with Crippen molar-refractivity contribution in [1.82, 2.24) is 9.78 Å². The molecule has 0 fully saturated rings. The Balaban J connectivity index is 1.79. The van der Waals surface area contributed by atoms with Gasteiger partial charge in [-0.25, -0.2) is 4.68 Å². The van der Waals surface area contributed by atoms with Gasteiger partial charge in [0.2, 0.25) is 5.91 Å². The van der Waals surface area contributed by atoms with E-state index in [0.29, 0.717) is 6.42 Å². The molecule has 132 valence electrons. The molecule has 1 amide bonds. The third-order valence-electron chi connectivity index (χ3n) is 4.91. The average molecular weight is 371 g/mol. The van der Waals surface area contributed by atoms with Gasteiger partial charge in [-0.1, -0.05) is 48.5 Å². The molecule has 0 aliphatic carbocycles. The summed E-state index contributed by atoms with van der Waals surface area (Å²) < 4.78 is 1.86. The number of thiophene rings is 1. The molecule has 1 aliphatic heterocycles. The number of carbonyl (C=O) groups excluding carboxylic acids is 1. The van der Waals surface area contributed by atoms with Crippen LogP contribution >= 0.6 is 11.3 Å². The monoisotopic (exact) mass is 371 g/mol. The van der Waals surface area contributed by atoms with Crippen LogP contribution in [0.25, 0.3) is 16.9 Å². The van der Waals surface area contributed by atoms with Crippen molar-refractivity contribution >= 4 is 23.1 Å². The number of rotatable bonds is 3. The minimum absolute atomic E-state index is 0.00710. The Labute approximate surface area is 161 Å². The molecule has 5 rings (SSSR count). The van der Waals surface area contributed by atoms with E-state index < -0.39 is 0 Å². The highest BCUT2D eigenvalue weighted by Crippen LogP contribution is 2.44. The molecule has 0 spiro atoms. The van der Waals surface area contributed by atoms with Crippen LogP contribution in [-0.2, 0) is 4.79 Å². The highest BCUT2D eigenvalue weighted by atomic mass is 32.1. The maximum atomic E-state index is 12.5. The summed E-state index contributed by atoms with van der Waals surface area (Å²) >= 11 is 1.66. The molecule has 4 nitrogen and oxygen atoms in total. The van der Waals surface area contributed by atoms with Gasteiger partial charge in [-0.2, -0.15) is 16.4 Å². The third kappa shape index (κ3) is 2.76. The van der Waals surface area contributed by atoms with Gasteiger partial charge in [0.1, 0.15) is 5.82 Å². The minimum atomic E-state index is 0.00710. The summed E-state index contributed by atoms with van der Waals surface area (Å²) in [6, 6.07) is 22.2. The number of carbonyl (C=O) groups is 1. The maximum Gasteiger partial charge on any atom is 0.226 e. The van der Waals surface area contributed by atoms with E-state index in [1.54, 1.807) is 11.3 Å². The lowest BCUT2D eigenvalue weighted by atomic mass is 9.86. The number of para-hydroxylation sites is 1. The first-order valence-corrected chi connectivity index (χ1v) is 9.81. The Kier molecular flexibility index (Phi) is 3.87. The molecule has 2 aromatic heterocycles. The fraction of sp³-hybridized carbons (Fsp3) is 0.0909. The average Bonchev–Trinajstić information content (AvgIpc) is 3.37. The van der Waals surface area contributed by atoms with E-state index in [4.69, 9.17) is 5.10 Å². The zero-order valence-corrected chi connectivity index (χ0v) is 15.3. The largest absolute Gasteiger partial charge is 0.310 e. The number of fused-ring (bicyclic) bond motifs is 1. The van der Waals surface area contributed by atoms with E-state index >= 15 is 0 Å². The summed E-state index contributed by atoms with van der Waals surface area (Å²) in [5.41, 5.74) is 5.16. The second kappa shape index (κ2) is 6.52. The van der Waals surface area contributed by atoms with Crippen LogP contribution in [0.4, 0.5) is 5.82 Å². The molecule has 1 N–H and O–H groups in total. The van der Waals surface area contributed by atoms with Crippen molar-refractivity contribution in [2.75, 3.05) is 5.32 Å². The molecule has 27 heavy (non-hydrogen) atoms. The molecule has 3 heterocycles. The molecule has 2 aromatic carbocycles. The minimum Gasteiger partial charge on any atom is -0.310 e. The summed E-state index contributed by atoms with van der Waals surface area (Å²) in [5, 5.41) is 12.2. The number of aromatic nitrogens is 2. The van der Waals surface area contributed by atoms with Crippen LogP contribution in [0.1, 0.15) is 23.5 Å². The number of nitrogens with one attached hydrogen (secondary N) is 1. The fourth-order valence-electron chi connectivity index (χ4n) is 3.67. The van der Waals surface area contributed by atoms with E-state index in [0.717, 1.165) is 28.3 Å². The summed E-state index contributed by atoms with van der Waals surface area (Å²) in [6.45, 7) is 0. The van der Waals surface area contributed by atoms with Crippen LogP contribution in [0.15, 0.2) is 77.5 Å². The molecule has 1 aliphatic rings. The van der Waals surface area contributed by atoms with E-state index in [1.165, 1.54) is 5.56 Å². The molecular formula is C22H17N3OS. The van der Waals surface area contributed by atoms with Crippen LogP contribution in [-0.4, -0.2) is 15.7 Å². The molecule has 0 bridgehead atoms. The number of amides is 1. The van der Waals surface area contributed by atoms with Crippen molar-refractivity contribution in [3.8, 4) is 16.9 Å². The van der Waals surface area contributed by atoms with Crippen molar-refractivity contribution in [2.45, 2.75) is 12.3 Å². The topological polar surface area (TPSA) is 46.9 Å². The van der Waals surface area contributed by atoms with E-state index in [9.17, 15) is 4.79 Å². The second-order valence-electron chi connectivity index (χ2n) is 6.59. The van der Waals surface area contributed by atoms with Gasteiger partial charge in [0.05, 0.1) is 11.4 Å². The zero-order chi connectivity index (χ0) is 18.2. The number of benzene rings is 2. The van der Waals surface area contributed by atoms with Crippen LogP contribution in [0.5, 0.6) is 0 Å². The van der Waals surface area contributed by atoms with Crippen molar-refractivity contribution in [3.63, 3.8) is 0 Å². The van der Waals surface area contributed by atoms with Crippen LogP contribution in [0.2, 0.25) is 0 Å². The van der Waals surface area contributed by atoms with E-state index in [1.807, 2.05) is 53.2 Å². The predicted molar refractivity (Wildman–Crippen MR) is 108 cm³/mol. The molecule has 5 heteroatoms. The van der Waals surface area contributed by atoms with E-state index in [-0.39, 0.29) is 11.8 Å². The number of anilines is 1. The number of hydrogen-bond donors (Lipinski definition) is 1. The van der Waals surface area contributed by atoms with Crippen molar-refractivity contribution in [2.24, 2.45) is 0 Å². The summed E-state index contributed by atoms with van der Waals surface area (Å²) in [4.78, 5) is 12.5. The van der Waals surface area contributed by atoms with Gasteiger partial charge >= 0.3 is 0 Å². The lowest BCUT2D eigenvalue weighted by Crippen LogP contribution is -2.24. The molecule has 0 saturated carbocycles. The first kappa shape index (κ1) is 16.0. The predicted octanol–water partition coefficient (Wildman–Crippen LogP) is 5.07. The lowest BCUT2D eigenvalue weighted by Gasteiger charge is -2.24. The van der Waals surface area contributed by atoms with Gasteiger partial charge in [-0.3, -0.25) is 4.79 Å². The maximum absolute atomic E-state index is 12.5. The quantitative estimate of drug-likeness (QED) is 0.546. The number of hydrogen-bond acceptors (Lipinski definition) is 3. The van der Waals surface area contributed by atoms with Crippen molar-refractivity contribution in [1.29, 1.82) is 0 Å². The Morgan fingerprint density at radius 2 is 1.74 bits per heavy atom. The van der Waals surface area contributed by atoms with Crippen LogP contribution < -0.4 is 5.32 Å². The van der Waals surface area contributed by atoms with Crippen molar-refractivity contribution < 1.29 is 4.79 Å². The number of nitrogens with zero attached hydrogens (tertiary/aromatic N) is 2. The molecule has 4 aromatic rings. The SMILES string of the molecule is O=C1CC(c2ccsc2)c2c(-c3ccccc3)nn(-c3ccccc3)c2N1. The lowest BCUT2D eigenvalue weighted by molar-refractivity contribution is -0.116. The Morgan fingerprint density at radius 1 is 1.00 bits per heavy atom. The molecule has 1 unspecified atom stereocenters. The Hall–Kier alpha value is -3.18. The summed E-state index contributed by atoms with van der Waals surface area (Å²) in [5.74, 6) is 0.801. The Bertz CT molecular complexity index is 1090. The Morgan fingerprint density at radius 3 is 2.44 bits per heavy atom. The highest BCUT2D eigenvalue weighted by molar-refractivity contribution is 7.08. The van der Waals surface area contributed by atoms with Gasteiger partial charge in [0, 0.05) is 23.5 Å². The zero-order valence-electron chi connectivity index (χ0n) is 14.5. The molecule has 0 saturated heterocycles. The molecule has 1 atom stereocenters. The van der Waals surface area contributed by atoms with Gasteiger partial charge in [0.25, 0.3) is 0 Å². The van der Waals surface area contributed by atoms with Crippen LogP contribution in [0, 0.1) is 0 Å². The first-order chi connectivity index (χ1) is 13.3. The molecular weight excluding hydrogens is 354 g/mol. The van der Waals surface area contributed by atoms with Gasteiger partial charge < -0.3 is 5.32 Å². The fourth-order valence-corrected chi connectivity index (χ4v) is 4.39. The molecule has 0 radical (unpaired) electrons. The summed E-state index contributed by atoms with van der Waals surface area (Å²) in [7, 11) is 0. The standard InChI is InChI=1S/C22H17N3OS/c26-19-13-18(16-11-12-27-14-16)20-21(15-7-3-1-4-8-15)24-25(22(20)23-19)17-9-5-2-6-10-17/h1-12,14,18H,13H2,(H,23,26). The van der Waals surface area contributed by atoms with Gasteiger partial charge in [-0.15, -0.1) is 0 Å². The van der Waals surface area contributed by atoms with Crippen LogP contribution in [0.3, 0.4) is 0 Å². The smallest absolute Gasteiger partial charge is 0.226 e. The van der Waals surface area contributed by atoms with E-state index in [2.05, 4.69) is 34.3 Å². The van der Waals surface area contributed by atoms with Gasteiger partial charge in [-0.05, 0) is 34.5 Å². The summed E-state index contributed by atoms with van der Waals surface area (Å²) in [6.07, 6.45) is 0.435. The first-order valence-electron chi connectivity index (χ1n) is 8.87. The van der Waals surface area contributed by atoms with Crippen molar-refractivity contribution in [3.05, 3.63) is 88.6 Å². The third-order valence-corrected chi connectivity index (χ3v) is 5.61. The second-order valence-corrected chi connectivity index (χ2v) is 7.37.